The van der Waals surface area contributed by atoms with Crippen LogP contribution in [0.25, 0.3) is 11.6 Å². The first-order chi connectivity index (χ1) is 16.7. The minimum Gasteiger partial charge on any atom is -0.289 e. The molecule has 10 aliphatic rings. The summed E-state index contributed by atoms with van der Waals surface area (Å²) >= 11 is 0. The lowest BCUT2D eigenvalue weighted by Crippen LogP contribution is -2.49. The van der Waals surface area contributed by atoms with Crippen molar-refractivity contribution in [2.75, 3.05) is 0 Å². The third-order valence-electron chi connectivity index (χ3n) is 12.1. The van der Waals surface area contributed by atoms with E-state index >= 15 is 0 Å². The van der Waals surface area contributed by atoms with Gasteiger partial charge in [-0.15, -0.1) is 0 Å². The van der Waals surface area contributed by atoms with Gasteiger partial charge in [-0.25, -0.2) is 0 Å². The van der Waals surface area contributed by atoms with Gasteiger partial charge in [-0.05, 0) is 157 Å². The fourth-order valence-corrected chi connectivity index (χ4v) is 11.5. The summed E-state index contributed by atoms with van der Waals surface area (Å²) < 4.78 is 0. The van der Waals surface area contributed by atoms with Gasteiger partial charge in [0, 0.05) is 11.1 Å². The Labute approximate surface area is 203 Å². The minimum atomic E-state index is 0.498. The maximum atomic E-state index is 14.7. The highest BCUT2D eigenvalue weighted by Crippen LogP contribution is 2.62. The van der Waals surface area contributed by atoms with Crippen LogP contribution in [0, 0.1) is 59.2 Å². The Morgan fingerprint density at radius 3 is 1.68 bits per heavy atom. The van der Waals surface area contributed by atoms with Gasteiger partial charge in [0.1, 0.15) is 0 Å². The van der Waals surface area contributed by atoms with Crippen LogP contribution in [0.15, 0.2) is 47.1 Å². The predicted molar refractivity (Wildman–Crippen MR) is 135 cm³/mol. The third-order valence-corrected chi connectivity index (χ3v) is 12.1. The Balaban J connectivity index is 1.22. The summed E-state index contributed by atoms with van der Waals surface area (Å²) in [5.41, 5.74) is 5.27. The second kappa shape index (κ2) is 6.65. The molecule has 1 nitrogen and oxygen atoms in total. The van der Waals surface area contributed by atoms with E-state index in [0.29, 0.717) is 17.6 Å². The van der Waals surface area contributed by atoms with Gasteiger partial charge in [-0.3, -0.25) is 4.79 Å². The zero-order valence-electron chi connectivity index (χ0n) is 20.2. The van der Waals surface area contributed by atoms with E-state index in [1.807, 2.05) is 0 Å². The van der Waals surface area contributed by atoms with Crippen LogP contribution in [-0.4, -0.2) is 5.78 Å². The van der Waals surface area contributed by atoms with Crippen LogP contribution in [0.4, 0.5) is 0 Å². The third kappa shape index (κ3) is 2.50. The van der Waals surface area contributed by atoms with Gasteiger partial charge in [0.2, 0.25) is 0 Å². The second-order valence-electron chi connectivity index (χ2n) is 13.8. The molecule has 0 atom stereocenters. The molecular weight excluding hydrogens is 412 g/mol. The van der Waals surface area contributed by atoms with E-state index < -0.39 is 0 Å². The molecule has 0 heterocycles. The van der Waals surface area contributed by atoms with Gasteiger partial charge in [-0.1, -0.05) is 24.3 Å². The van der Waals surface area contributed by atoms with E-state index in [1.165, 1.54) is 96.9 Å². The summed E-state index contributed by atoms with van der Waals surface area (Å²) in [5.74, 6) is 8.46. The fourth-order valence-electron chi connectivity index (χ4n) is 11.5. The summed E-state index contributed by atoms with van der Waals surface area (Å²) in [6, 6.07) is 8.94. The molecule has 34 heavy (non-hydrogen) atoms. The van der Waals surface area contributed by atoms with Crippen molar-refractivity contribution < 1.29 is 4.79 Å². The van der Waals surface area contributed by atoms with Crippen molar-refractivity contribution >= 4 is 17.4 Å². The number of ketones is 1. The largest absolute Gasteiger partial charge is 0.289 e. The van der Waals surface area contributed by atoms with Crippen LogP contribution in [0.2, 0.25) is 0 Å². The molecule has 0 spiro atoms. The summed E-state index contributed by atoms with van der Waals surface area (Å²) in [7, 11) is 0. The van der Waals surface area contributed by atoms with Crippen LogP contribution in [0.3, 0.4) is 0 Å². The number of hydrogen-bond donors (Lipinski definition) is 0. The number of carbonyl (C=O) groups excluding carboxylic acids is 1. The van der Waals surface area contributed by atoms with Gasteiger partial charge >= 0.3 is 0 Å². The summed E-state index contributed by atoms with van der Waals surface area (Å²) in [5, 5.41) is 2.72. The Hall–Kier alpha value is -1.89. The van der Waals surface area contributed by atoms with E-state index in [4.69, 9.17) is 0 Å². The van der Waals surface area contributed by atoms with Gasteiger partial charge in [0.25, 0.3) is 0 Å². The highest BCUT2D eigenvalue weighted by atomic mass is 16.1. The average molecular weight is 449 g/mol. The molecule has 0 radical (unpaired) electrons. The first-order valence-corrected chi connectivity index (χ1v) is 14.5. The van der Waals surface area contributed by atoms with E-state index in [0.717, 1.165) is 47.3 Å². The van der Waals surface area contributed by atoms with Crippen LogP contribution in [0.1, 0.15) is 64.2 Å². The topological polar surface area (TPSA) is 17.1 Å². The molecule has 11 rings (SSSR count). The minimum absolute atomic E-state index is 0.498. The molecule has 174 valence electrons. The lowest BCUT2D eigenvalue weighted by molar-refractivity contribution is -0.117. The van der Waals surface area contributed by atoms with Crippen LogP contribution < -0.4 is 10.4 Å². The number of carbonyl (C=O) groups is 1. The first kappa shape index (κ1) is 19.3. The van der Waals surface area contributed by atoms with Gasteiger partial charge in [0.15, 0.2) is 5.78 Å². The number of benzene rings is 1. The Morgan fingerprint density at radius 1 is 0.559 bits per heavy atom. The molecular formula is C33H36O. The van der Waals surface area contributed by atoms with Crippen LogP contribution >= 0.6 is 0 Å². The zero-order chi connectivity index (χ0) is 22.1. The van der Waals surface area contributed by atoms with Gasteiger partial charge in [-0.2, -0.15) is 0 Å². The lowest BCUT2D eigenvalue weighted by Gasteiger charge is -2.57. The fraction of sp³-hybridized carbons (Fsp3) is 0.606. The molecule has 0 saturated heterocycles. The summed E-state index contributed by atoms with van der Waals surface area (Å²) in [6.45, 7) is 0. The van der Waals surface area contributed by atoms with Crippen LogP contribution in [0.5, 0.6) is 0 Å². The number of Topliss-reactive ketones (excluding diaryl/α,β-unsaturated/α-hetero) is 1. The van der Waals surface area contributed by atoms with Crippen molar-refractivity contribution in [3.63, 3.8) is 0 Å². The molecule has 0 unspecified atom stereocenters. The molecule has 8 bridgehead atoms. The van der Waals surface area contributed by atoms with E-state index in [1.54, 1.807) is 0 Å². The van der Waals surface area contributed by atoms with Crippen LogP contribution in [-0.2, 0) is 4.79 Å². The number of hydrogen-bond acceptors (Lipinski definition) is 1. The highest BCUT2D eigenvalue weighted by molar-refractivity contribution is 6.17. The van der Waals surface area contributed by atoms with Crippen molar-refractivity contribution in [3.05, 3.63) is 57.5 Å². The average Bonchev–Trinajstić information content (AvgIpc) is 3.17. The summed E-state index contributed by atoms with van der Waals surface area (Å²) in [4.78, 5) is 14.7. The second-order valence-corrected chi connectivity index (χ2v) is 13.8. The lowest BCUT2D eigenvalue weighted by atomic mass is 9.48. The van der Waals surface area contributed by atoms with E-state index in [9.17, 15) is 4.79 Å². The molecule has 0 aliphatic heterocycles. The molecule has 8 saturated carbocycles. The maximum Gasteiger partial charge on any atom is 0.186 e. The van der Waals surface area contributed by atoms with Crippen molar-refractivity contribution in [2.45, 2.75) is 64.2 Å². The van der Waals surface area contributed by atoms with Crippen molar-refractivity contribution in [2.24, 2.45) is 59.2 Å². The van der Waals surface area contributed by atoms with Crippen molar-refractivity contribution in [1.82, 2.24) is 0 Å². The van der Waals surface area contributed by atoms with E-state index in [-0.39, 0.29) is 0 Å². The molecule has 1 aromatic carbocycles. The monoisotopic (exact) mass is 448 g/mol. The Bertz CT molecular complexity index is 1250. The molecule has 0 aromatic heterocycles. The normalized spacial score (nSPS) is 47.1. The standard InChI is InChI=1S/C33H36O/c34-33-29(30-22-7-17-5-18(9-22)10-23(30)8-17)16-27-26-4-2-1-3-21(26)15-28(27)32(33)31-24-11-19-6-20(13-24)14-25(31)12-19/h1-4,15-20,22-25,30-31H,5-14H2. The molecule has 1 heteroatoms. The van der Waals surface area contributed by atoms with Gasteiger partial charge < -0.3 is 0 Å². The molecule has 0 amide bonds. The molecule has 8 fully saturated rings. The van der Waals surface area contributed by atoms with Crippen molar-refractivity contribution in [3.8, 4) is 0 Å². The number of fused-ring (bicyclic) bond motifs is 2. The Morgan fingerprint density at radius 2 is 1.09 bits per heavy atom. The number of rotatable bonds is 2. The zero-order valence-corrected chi connectivity index (χ0v) is 20.2. The highest BCUT2D eigenvalue weighted by Gasteiger charge is 2.54. The van der Waals surface area contributed by atoms with E-state index in [2.05, 4.69) is 36.4 Å². The molecule has 0 N–H and O–H groups in total. The van der Waals surface area contributed by atoms with Crippen molar-refractivity contribution in [1.29, 1.82) is 0 Å². The smallest absolute Gasteiger partial charge is 0.186 e. The summed E-state index contributed by atoms with van der Waals surface area (Å²) in [6.07, 6.45) is 18.9. The van der Waals surface area contributed by atoms with Gasteiger partial charge in [0.05, 0.1) is 0 Å². The number of allylic oxidation sites excluding steroid dienone is 4. The molecule has 10 aliphatic carbocycles. The Kier molecular flexibility index (Phi) is 3.78. The maximum absolute atomic E-state index is 14.7. The predicted octanol–water partition coefficient (Wildman–Crippen LogP) is 5.58. The SMILES string of the molecule is O=C1C(C2C3CC4CC(C3)CC2C4)=CC2=c3ccccc3=CC2=C1C1C2CC3CC(C2)CC1C3. The first-order valence-electron chi connectivity index (χ1n) is 14.5. The quantitative estimate of drug-likeness (QED) is 0.577. The molecule has 1 aromatic rings.